The topological polar surface area (TPSA) is 61.4 Å². The van der Waals surface area contributed by atoms with Crippen molar-refractivity contribution in [1.29, 1.82) is 0 Å². The molecule has 1 fully saturated rings. The van der Waals surface area contributed by atoms with Crippen LogP contribution in [0.15, 0.2) is 0 Å². The zero-order valence-electron chi connectivity index (χ0n) is 9.30. The molecule has 1 aliphatic carbocycles. The third-order valence-electron chi connectivity index (χ3n) is 2.54. The van der Waals surface area contributed by atoms with Gasteiger partial charge in [-0.15, -0.1) is 0 Å². The third kappa shape index (κ3) is 7.33. The molecule has 1 aliphatic rings. The Kier molecular flexibility index (Phi) is 6.36. The predicted molar refractivity (Wildman–Crippen MR) is 59.6 cm³/mol. The zero-order valence-corrected chi connectivity index (χ0v) is 9.30. The lowest BCUT2D eigenvalue weighted by molar-refractivity contribution is -0.120. The van der Waals surface area contributed by atoms with Gasteiger partial charge in [-0.2, -0.15) is 0 Å². The molecule has 0 unspecified atom stereocenters. The molecule has 0 radical (unpaired) electrons. The molecule has 88 valence electrons. The molecule has 0 aromatic heterocycles. The number of carbonyl (C=O) groups excluding carboxylic acids is 1. The standard InChI is InChI=1S/C11H22N2O2/c14-8-4-2-1-3-7-12-11(15)9-13-10-5-6-10/h10,13-14H,1-9H2,(H,12,15). The highest BCUT2D eigenvalue weighted by Gasteiger charge is 2.20. The Morgan fingerprint density at radius 1 is 1.20 bits per heavy atom. The summed E-state index contributed by atoms with van der Waals surface area (Å²) in [6.45, 7) is 1.50. The van der Waals surface area contributed by atoms with Crippen LogP contribution in [-0.2, 0) is 4.79 Å². The van der Waals surface area contributed by atoms with Gasteiger partial charge in [0.2, 0.25) is 5.91 Å². The molecule has 0 aromatic carbocycles. The molecular weight excluding hydrogens is 192 g/mol. The maximum absolute atomic E-state index is 11.3. The van der Waals surface area contributed by atoms with Gasteiger partial charge in [-0.3, -0.25) is 4.79 Å². The number of unbranched alkanes of at least 4 members (excludes halogenated alkanes) is 3. The van der Waals surface area contributed by atoms with Gasteiger partial charge < -0.3 is 15.7 Å². The fourth-order valence-electron chi connectivity index (χ4n) is 1.41. The fraction of sp³-hybridized carbons (Fsp3) is 0.909. The van der Waals surface area contributed by atoms with E-state index in [-0.39, 0.29) is 12.5 Å². The highest BCUT2D eigenvalue weighted by atomic mass is 16.2. The molecule has 0 bridgehead atoms. The van der Waals surface area contributed by atoms with E-state index in [2.05, 4.69) is 10.6 Å². The van der Waals surface area contributed by atoms with Crippen molar-refractivity contribution < 1.29 is 9.90 Å². The van der Waals surface area contributed by atoms with Gasteiger partial charge in [0.1, 0.15) is 0 Å². The van der Waals surface area contributed by atoms with E-state index in [0.29, 0.717) is 12.6 Å². The number of nitrogens with one attached hydrogen (secondary N) is 2. The average molecular weight is 214 g/mol. The minimum Gasteiger partial charge on any atom is -0.396 e. The highest BCUT2D eigenvalue weighted by molar-refractivity contribution is 5.77. The highest BCUT2D eigenvalue weighted by Crippen LogP contribution is 2.17. The minimum atomic E-state index is 0.101. The molecule has 15 heavy (non-hydrogen) atoms. The SMILES string of the molecule is O=C(CNC1CC1)NCCCCCCO. The number of rotatable bonds is 9. The van der Waals surface area contributed by atoms with Crippen LogP contribution in [0.3, 0.4) is 0 Å². The van der Waals surface area contributed by atoms with Crippen molar-refractivity contribution in [1.82, 2.24) is 10.6 Å². The molecule has 4 heteroatoms. The van der Waals surface area contributed by atoms with E-state index < -0.39 is 0 Å². The Morgan fingerprint density at radius 3 is 2.60 bits per heavy atom. The van der Waals surface area contributed by atoms with Crippen LogP contribution in [0, 0.1) is 0 Å². The van der Waals surface area contributed by atoms with Crippen LogP contribution >= 0.6 is 0 Å². The Labute approximate surface area is 91.4 Å². The summed E-state index contributed by atoms with van der Waals surface area (Å²) in [5, 5.41) is 14.6. The summed E-state index contributed by atoms with van der Waals surface area (Å²) in [6.07, 6.45) is 6.44. The monoisotopic (exact) mass is 214 g/mol. The van der Waals surface area contributed by atoms with Crippen LogP contribution in [0.1, 0.15) is 38.5 Å². The molecule has 0 atom stereocenters. The lowest BCUT2D eigenvalue weighted by atomic mass is 10.2. The number of aliphatic hydroxyl groups excluding tert-OH is 1. The summed E-state index contributed by atoms with van der Waals surface area (Å²) in [4.78, 5) is 11.3. The summed E-state index contributed by atoms with van der Waals surface area (Å²) in [7, 11) is 0. The van der Waals surface area contributed by atoms with Gasteiger partial charge in [0, 0.05) is 19.2 Å². The minimum absolute atomic E-state index is 0.101. The molecule has 0 aromatic rings. The van der Waals surface area contributed by atoms with E-state index in [1.54, 1.807) is 0 Å². The Balaban J connectivity index is 1.79. The van der Waals surface area contributed by atoms with Crippen molar-refractivity contribution in [2.45, 2.75) is 44.6 Å². The van der Waals surface area contributed by atoms with Crippen molar-refractivity contribution in [2.75, 3.05) is 19.7 Å². The average Bonchev–Trinajstić information content (AvgIpc) is 3.04. The van der Waals surface area contributed by atoms with E-state index in [0.717, 1.165) is 32.2 Å². The molecule has 0 spiro atoms. The van der Waals surface area contributed by atoms with Gasteiger partial charge in [0.05, 0.1) is 6.54 Å². The van der Waals surface area contributed by atoms with E-state index in [9.17, 15) is 4.79 Å². The van der Waals surface area contributed by atoms with Gasteiger partial charge in [-0.1, -0.05) is 12.8 Å². The van der Waals surface area contributed by atoms with E-state index in [4.69, 9.17) is 5.11 Å². The summed E-state index contributed by atoms with van der Waals surface area (Å²) < 4.78 is 0. The van der Waals surface area contributed by atoms with E-state index in [1.807, 2.05) is 0 Å². The number of amides is 1. The van der Waals surface area contributed by atoms with Crippen molar-refractivity contribution in [3.63, 3.8) is 0 Å². The second-order valence-corrected chi connectivity index (χ2v) is 4.14. The van der Waals surface area contributed by atoms with Crippen molar-refractivity contribution in [3.05, 3.63) is 0 Å². The van der Waals surface area contributed by atoms with Gasteiger partial charge in [-0.05, 0) is 25.7 Å². The number of hydrogen-bond acceptors (Lipinski definition) is 3. The third-order valence-corrected chi connectivity index (χ3v) is 2.54. The van der Waals surface area contributed by atoms with Crippen molar-refractivity contribution >= 4 is 5.91 Å². The Hall–Kier alpha value is -0.610. The molecule has 1 amide bonds. The lowest BCUT2D eigenvalue weighted by Crippen LogP contribution is -2.35. The fourth-order valence-corrected chi connectivity index (χ4v) is 1.41. The quantitative estimate of drug-likeness (QED) is 0.487. The van der Waals surface area contributed by atoms with Gasteiger partial charge >= 0.3 is 0 Å². The van der Waals surface area contributed by atoms with Crippen LogP contribution in [0.4, 0.5) is 0 Å². The zero-order chi connectivity index (χ0) is 10.9. The predicted octanol–water partition coefficient (Wildman–Crippen LogP) is 0.407. The van der Waals surface area contributed by atoms with Crippen LogP contribution in [-0.4, -0.2) is 36.8 Å². The number of aliphatic hydroxyl groups is 1. The van der Waals surface area contributed by atoms with Crippen molar-refractivity contribution in [3.8, 4) is 0 Å². The molecule has 1 rings (SSSR count). The maximum atomic E-state index is 11.3. The first kappa shape index (κ1) is 12.5. The van der Waals surface area contributed by atoms with Crippen LogP contribution in [0.2, 0.25) is 0 Å². The summed E-state index contributed by atoms with van der Waals surface area (Å²) >= 11 is 0. The van der Waals surface area contributed by atoms with Crippen LogP contribution in [0.5, 0.6) is 0 Å². The molecule has 3 N–H and O–H groups in total. The molecule has 1 saturated carbocycles. The normalized spacial score (nSPS) is 15.3. The Bertz CT molecular complexity index is 181. The second-order valence-electron chi connectivity index (χ2n) is 4.14. The largest absolute Gasteiger partial charge is 0.396 e. The number of carbonyl (C=O) groups is 1. The van der Waals surface area contributed by atoms with Gasteiger partial charge in [-0.25, -0.2) is 0 Å². The maximum Gasteiger partial charge on any atom is 0.233 e. The number of hydrogen-bond donors (Lipinski definition) is 3. The summed E-state index contributed by atoms with van der Waals surface area (Å²) in [5.41, 5.74) is 0. The van der Waals surface area contributed by atoms with Crippen LogP contribution < -0.4 is 10.6 Å². The first-order chi connectivity index (χ1) is 7.33. The summed E-state index contributed by atoms with van der Waals surface area (Å²) in [6, 6.07) is 0.598. The van der Waals surface area contributed by atoms with Gasteiger partial charge in [0.25, 0.3) is 0 Å². The van der Waals surface area contributed by atoms with Crippen LogP contribution in [0.25, 0.3) is 0 Å². The summed E-state index contributed by atoms with van der Waals surface area (Å²) in [5.74, 6) is 0.101. The van der Waals surface area contributed by atoms with E-state index >= 15 is 0 Å². The first-order valence-corrected chi connectivity index (χ1v) is 5.94. The molecule has 4 nitrogen and oxygen atoms in total. The molecule has 0 heterocycles. The van der Waals surface area contributed by atoms with Crippen molar-refractivity contribution in [2.24, 2.45) is 0 Å². The molecular formula is C11H22N2O2. The Morgan fingerprint density at radius 2 is 1.93 bits per heavy atom. The van der Waals surface area contributed by atoms with E-state index in [1.165, 1.54) is 12.8 Å². The first-order valence-electron chi connectivity index (χ1n) is 5.94. The van der Waals surface area contributed by atoms with Gasteiger partial charge in [0.15, 0.2) is 0 Å². The lowest BCUT2D eigenvalue weighted by Gasteiger charge is -2.05. The molecule has 0 saturated heterocycles. The molecule has 0 aliphatic heterocycles. The second kappa shape index (κ2) is 7.65. The smallest absolute Gasteiger partial charge is 0.233 e.